The number of nitrogens with one attached hydrogen (secondary N) is 1. The van der Waals surface area contributed by atoms with E-state index >= 15 is 0 Å². The summed E-state index contributed by atoms with van der Waals surface area (Å²) in [6.07, 6.45) is 0.934. The number of hydrogen-bond donors (Lipinski definition) is 2. The van der Waals surface area contributed by atoms with Crippen LogP contribution >= 0.6 is 11.6 Å². The van der Waals surface area contributed by atoms with E-state index < -0.39 is 10.8 Å². The minimum atomic E-state index is -0.924. The molecule has 0 aliphatic rings. The van der Waals surface area contributed by atoms with E-state index in [1.807, 2.05) is 20.8 Å². The van der Waals surface area contributed by atoms with Crippen molar-refractivity contribution in [1.82, 2.24) is 0 Å². The fraction of sp³-hybridized carbons (Fsp3) is 0.500. The Balaban J connectivity index is 2.41. The van der Waals surface area contributed by atoms with E-state index in [2.05, 4.69) is 5.32 Å². The molecule has 0 saturated heterocycles. The standard InChI is InChI=1S/C14H21ClN2O2S/c1-14(2,3)20(19)8-4-5-13(18)17-10-6-7-11(15)12(16)9-10/h6-7,9H,4-5,8,16H2,1-3H3,(H,17,18). The van der Waals surface area contributed by atoms with E-state index in [9.17, 15) is 9.00 Å². The largest absolute Gasteiger partial charge is 0.397 e. The highest BCUT2D eigenvalue weighted by Crippen LogP contribution is 2.22. The minimum Gasteiger partial charge on any atom is -0.397 e. The molecule has 1 amide bonds. The number of rotatable bonds is 5. The molecule has 6 heteroatoms. The number of carbonyl (C=O) groups is 1. The van der Waals surface area contributed by atoms with Gasteiger partial charge in [0.25, 0.3) is 0 Å². The summed E-state index contributed by atoms with van der Waals surface area (Å²) in [7, 11) is -0.924. The number of benzene rings is 1. The Hall–Kier alpha value is -1.07. The van der Waals surface area contributed by atoms with Gasteiger partial charge in [-0.15, -0.1) is 0 Å². The lowest BCUT2D eigenvalue weighted by atomic mass is 10.2. The van der Waals surface area contributed by atoms with E-state index in [0.29, 0.717) is 35.0 Å². The van der Waals surface area contributed by atoms with Crippen molar-refractivity contribution in [2.75, 3.05) is 16.8 Å². The topological polar surface area (TPSA) is 72.2 Å². The molecule has 0 aliphatic heterocycles. The molecule has 0 saturated carbocycles. The molecule has 112 valence electrons. The molecule has 20 heavy (non-hydrogen) atoms. The van der Waals surface area contributed by atoms with Crippen LogP contribution in [-0.2, 0) is 15.6 Å². The second kappa shape index (κ2) is 7.09. The summed E-state index contributed by atoms with van der Waals surface area (Å²) in [4.78, 5) is 11.8. The van der Waals surface area contributed by atoms with Crippen LogP contribution in [0.2, 0.25) is 5.02 Å². The van der Waals surface area contributed by atoms with Gasteiger partial charge in [-0.2, -0.15) is 0 Å². The molecule has 1 unspecified atom stereocenters. The van der Waals surface area contributed by atoms with Gasteiger partial charge in [-0.25, -0.2) is 0 Å². The van der Waals surface area contributed by atoms with Crippen molar-refractivity contribution in [1.29, 1.82) is 0 Å². The monoisotopic (exact) mass is 316 g/mol. The average Bonchev–Trinajstić information content (AvgIpc) is 2.32. The number of nitrogens with two attached hydrogens (primary N) is 1. The fourth-order valence-corrected chi connectivity index (χ4v) is 2.65. The van der Waals surface area contributed by atoms with Crippen molar-refractivity contribution in [3.05, 3.63) is 23.2 Å². The second-order valence-corrected chi connectivity index (χ2v) is 8.28. The highest BCUT2D eigenvalue weighted by atomic mass is 35.5. The Morgan fingerprint density at radius 1 is 1.40 bits per heavy atom. The Kier molecular flexibility index (Phi) is 6.02. The first-order valence-corrected chi connectivity index (χ1v) is 8.13. The Bertz CT molecular complexity index is 512. The summed E-state index contributed by atoms with van der Waals surface area (Å²) in [6, 6.07) is 4.96. The highest BCUT2D eigenvalue weighted by Gasteiger charge is 2.19. The van der Waals surface area contributed by atoms with Crippen LogP contribution in [0.3, 0.4) is 0 Å². The first-order chi connectivity index (χ1) is 9.20. The summed E-state index contributed by atoms with van der Waals surface area (Å²) in [5.41, 5.74) is 6.71. The van der Waals surface area contributed by atoms with Crippen molar-refractivity contribution < 1.29 is 9.00 Å². The van der Waals surface area contributed by atoms with Crippen LogP contribution in [0.15, 0.2) is 18.2 Å². The molecule has 0 spiro atoms. The summed E-state index contributed by atoms with van der Waals surface area (Å²) in [6.45, 7) is 5.79. The number of amides is 1. The van der Waals surface area contributed by atoms with Crippen LogP contribution in [-0.4, -0.2) is 20.6 Å². The van der Waals surface area contributed by atoms with Crippen LogP contribution in [0, 0.1) is 0 Å². The van der Waals surface area contributed by atoms with Crippen LogP contribution in [0.4, 0.5) is 11.4 Å². The molecule has 0 aromatic heterocycles. The van der Waals surface area contributed by atoms with E-state index in [0.717, 1.165) is 0 Å². The van der Waals surface area contributed by atoms with Gasteiger partial charge in [0.2, 0.25) is 5.91 Å². The molecule has 0 bridgehead atoms. The zero-order valence-corrected chi connectivity index (χ0v) is 13.6. The number of anilines is 2. The predicted octanol–water partition coefficient (Wildman–Crippen LogP) is 3.19. The van der Waals surface area contributed by atoms with Crippen molar-refractivity contribution in [3.63, 3.8) is 0 Å². The molecule has 0 aliphatic carbocycles. The van der Waals surface area contributed by atoms with Crippen LogP contribution < -0.4 is 11.1 Å². The zero-order valence-electron chi connectivity index (χ0n) is 12.0. The number of nitrogen functional groups attached to an aromatic ring is 1. The molecule has 1 aromatic rings. The van der Waals surface area contributed by atoms with Gasteiger partial charge in [0.15, 0.2) is 0 Å². The SMILES string of the molecule is CC(C)(C)S(=O)CCCC(=O)Nc1ccc(Cl)c(N)c1. The maximum atomic E-state index is 11.8. The predicted molar refractivity (Wildman–Crippen MR) is 86.5 cm³/mol. The Morgan fingerprint density at radius 2 is 2.05 bits per heavy atom. The second-order valence-electron chi connectivity index (χ2n) is 5.55. The summed E-state index contributed by atoms with van der Waals surface area (Å²) < 4.78 is 11.6. The van der Waals surface area contributed by atoms with Crippen molar-refractivity contribution in [2.24, 2.45) is 0 Å². The maximum Gasteiger partial charge on any atom is 0.224 e. The lowest BCUT2D eigenvalue weighted by Gasteiger charge is -2.17. The number of halogens is 1. The quantitative estimate of drug-likeness (QED) is 0.819. The third kappa shape index (κ3) is 5.51. The van der Waals surface area contributed by atoms with Crippen LogP contribution in [0.1, 0.15) is 33.6 Å². The minimum absolute atomic E-state index is 0.113. The first kappa shape index (κ1) is 17.0. The molecule has 1 atom stereocenters. The van der Waals surface area contributed by atoms with Gasteiger partial charge in [-0.05, 0) is 45.4 Å². The van der Waals surface area contributed by atoms with Gasteiger partial charge < -0.3 is 11.1 Å². The maximum absolute atomic E-state index is 11.8. The van der Waals surface area contributed by atoms with Gasteiger partial charge in [-0.3, -0.25) is 9.00 Å². The molecule has 3 N–H and O–H groups in total. The number of carbonyl (C=O) groups excluding carboxylic acids is 1. The normalized spacial score (nSPS) is 13.0. The Morgan fingerprint density at radius 3 is 2.60 bits per heavy atom. The third-order valence-corrected chi connectivity index (χ3v) is 5.07. The molecule has 0 radical (unpaired) electrons. The van der Waals surface area contributed by atoms with Gasteiger partial charge >= 0.3 is 0 Å². The van der Waals surface area contributed by atoms with Gasteiger partial charge in [0.05, 0.1) is 10.7 Å². The molecule has 4 nitrogen and oxygen atoms in total. The van der Waals surface area contributed by atoms with Crippen molar-refractivity contribution in [2.45, 2.75) is 38.4 Å². The first-order valence-electron chi connectivity index (χ1n) is 6.43. The van der Waals surface area contributed by atoms with Crippen molar-refractivity contribution >= 4 is 39.7 Å². The summed E-state index contributed by atoms with van der Waals surface area (Å²) in [5.74, 6) is 0.414. The smallest absolute Gasteiger partial charge is 0.224 e. The summed E-state index contributed by atoms with van der Waals surface area (Å²) >= 11 is 5.81. The Labute approximate surface area is 127 Å². The fourth-order valence-electron chi connectivity index (χ4n) is 1.51. The van der Waals surface area contributed by atoms with Crippen molar-refractivity contribution in [3.8, 4) is 0 Å². The van der Waals surface area contributed by atoms with Gasteiger partial charge in [0.1, 0.15) is 0 Å². The molecular weight excluding hydrogens is 296 g/mol. The van der Waals surface area contributed by atoms with Crippen LogP contribution in [0.25, 0.3) is 0 Å². The lowest BCUT2D eigenvalue weighted by molar-refractivity contribution is -0.116. The van der Waals surface area contributed by atoms with Gasteiger partial charge in [0, 0.05) is 33.4 Å². The number of hydrogen-bond acceptors (Lipinski definition) is 3. The molecule has 1 aromatic carbocycles. The van der Waals surface area contributed by atoms with Gasteiger partial charge in [-0.1, -0.05) is 11.6 Å². The van der Waals surface area contributed by atoms with E-state index in [4.69, 9.17) is 17.3 Å². The molecule has 0 fully saturated rings. The van der Waals surface area contributed by atoms with E-state index in [-0.39, 0.29) is 10.7 Å². The molecular formula is C14H21ClN2O2S. The lowest BCUT2D eigenvalue weighted by Crippen LogP contribution is -2.24. The third-order valence-electron chi connectivity index (χ3n) is 2.70. The van der Waals surface area contributed by atoms with E-state index in [1.165, 1.54) is 0 Å². The zero-order chi connectivity index (χ0) is 15.3. The highest BCUT2D eigenvalue weighted by molar-refractivity contribution is 7.86. The molecule has 1 rings (SSSR count). The molecule has 0 heterocycles. The average molecular weight is 317 g/mol. The van der Waals surface area contributed by atoms with E-state index in [1.54, 1.807) is 18.2 Å². The van der Waals surface area contributed by atoms with Crippen LogP contribution in [0.5, 0.6) is 0 Å². The summed E-state index contributed by atoms with van der Waals surface area (Å²) in [5, 5.41) is 3.21.